The highest BCUT2D eigenvalue weighted by molar-refractivity contribution is 5.61. The van der Waals surface area contributed by atoms with Crippen LogP contribution in [-0.4, -0.2) is 16.6 Å². The minimum absolute atomic E-state index is 0.423. The molecule has 1 aromatic heterocycles. The number of nitrogens with two attached hydrogens (primary N) is 1. The highest BCUT2D eigenvalue weighted by Crippen LogP contribution is 2.22. The average Bonchev–Trinajstić information content (AvgIpc) is 2.66. The van der Waals surface area contributed by atoms with E-state index in [2.05, 4.69) is 9.97 Å². The first-order chi connectivity index (χ1) is 7.29. The zero-order valence-corrected chi connectivity index (χ0v) is 8.53. The van der Waals surface area contributed by atoms with Crippen LogP contribution in [0.15, 0.2) is 30.5 Å². The molecule has 0 saturated carbocycles. The van der Waals surface area contributed by atoms with Gasteiger partial charge in [0.05, 0.1) is 18.5 Å². The van der Waals surface area contributed by atoms with E-state index in [4.69, 9.17) is 10.5 Å². The third-order valence-corrected chi connectivity index (χ3v) is 2.05. The molecule has 0 bridgehead atoms. The first-order valence-electron chi connectivity index (χ1n) is 4.83. The van der Waals surface area contributed by atoms with E-state index >= 15 is 0 Å². The Hall–Kier alpha value is -1.97. The topological polar surface area (TPSA) is 63.9 Å². The normalized spacial score (nSPS) is 10.2. The van der Waals surface area contributed by atoms with Crippen molar-refractivity contribution in [1.29, 1.82) is 0 Å². The number of nitrogens with zero attached hydrogens (tertiary/aromatic N) is 1. The zero-order chi connectivity index (χ0) is 10.7. The minimum atomic E-state index is 0.423. The molecule has 0 fully saturated rings. The van der Waals surface area contributed by atoms with Gasteiger partial charge in [-0.15, -0.1) is 0 Å². The van der Waals surface area contributed by atoms with Crippen LogP contribution < -0.4 is 10.5 Å². The van der Waals surface area contributed by atoms with E-state index in [1.165, 1.54) is 0 Å². The van der Waals surface area contributed by atoms with E-state index < -0.39 is 0 Å². The smallest absolute Gasteiger partial charge is 0.197 e. The van der Waals surface area contributed by atoms with Gasteiger partial charge in [-0.2, -0.15) is 0 Å². The maximum Gasteiger partial charge on any atom is 0.197 e. The van der Waals surface area contributed by atoms with Crippen LogP contribution in [0.5, 0.6) is 5.75 Å². The Morgan fingerprint density at radius 2 is 2.33 bits per heavy atom. The van der Waals surface area contributed by atoms with Crippen LogP contribution in [-0.2, 0) is 0 Å². The molecule has 1 aromatic carbocycles. The maximum atomic E-state index is 5.51. The second kappa shape index (κ2) is 4.04. The molecule has 2 rings (SSSR count). The van der Waals surface area contributed by atoms with Gasteiger partial charge >= 0.3 is 0 Å². The molecule has 4 nitrogen and oxygen atoms in total. The molecule has 2 aromatic rings. The van der Waals surface area contributed by atoms with Crippen molar-refractivity contribution >= 4 is 5.95 Å². The molecule has 78 valence electrons. The number of benzene rings is 1. The molecule has 3 N–H and O–H groups in total. The van der Waals surface area contributed by atoms with Gasteiger partial charge in [0.25, 0.3) is 0 Å². The first kappa shape index (κ1) is 9.58. The van der Waals surface area contributed by atoms with E-state index in [1.54, 1.807) is 6.20 Å². The lowest BCUT2D eigenvalue weighted by Gasteiger charge is -2.04. The standard InChI is InChI=1S/C11H13N3O/c1-2-15-9-5-3-4-8(6-9)10-7-13-11(12)14-10/h3-7H,2H2,1H3,(H3,12,13,14). The molecule has 0 spiro atoms. The number of ether oxygens (including phenoxy) is 1. The quantitative estimate of drug-likeness (QED) is 0.802. The predicted molar refractivity (Wildman–Crippen MR) is 59.6 cm³/mol. The van der Waals surface area contributed by atoms with Crippen LogP contribution >= 0.6 is 0 Å². The second-order valence-electron chi connectivity index (χ2n) is 3.14. The summed E-state index contributed by atoms with van der Waals surface area (Å²) < 4.78 is 5.41. The lowest BCUT2D eigenvalue weighted by molar-refractivity contribution is 0.340. The Kier molecular flexibility index (Phi) is 2.58. The highest BCUT2D eigenvalue weighted by Gasteiger charge is 2.02. The Morgan fingerprint density at radius 3 is 3.00 bits per heavy atom. The van der Waals surface area contributed by atoms with E-state index in [0.29, 0.717) is 12.6 Å². The van der Waals surface area contributed by atoms with Crippen molar-refractivity contribution in [3.05, 3.63) is 30.5 Å². The van der Waals surface area contributed by atoms with Gasteiger partial charge in [0.1, 0.15) is 5.75 Å². The van der Waals surface area contributed by atoms with Crippen LogP contribution in [0.4, 0.5) is 5.95 Å². The van der Waals surface area contributed by atoms with Gasteiger partial charge in [0, 0.05) is 5.56 Å². The summed E-state index contributed by atoms with van der Waals surface area (Å²) in [5.41, 5.74) is 7.43. The molecular weight excluding hydrogens is 190 g/mol. The van der Waals surface area contributed by atoms with E-state index in [9.17, 15) is 0 Å². The summed E-state index contributed by atoms with van der Waals surface area (Å²) in [6, 6.07) is 7.80. The van der Waals surface area contributed by atoms with E-state index in [0.717, 1.165) is 17.0 Å². The number of hydrogen-bond acceptors (Lipinski definition) is 3. The summed E-state index contributed by atoms with van der Waals surface area (Å²) in [7, 11) is 0. The molecular formula is C11H13N3O. The lowest BCUT2D eigenvalue weighted by atomic mass is 10.1. The van der Waals surface area contributed by atoms with Gasteiger partial charge in [-0.25, -0.2) is 4.98 Å². The summed E-state index contributed by atoms with van der Waals surface area (Å²) in [5.74, 6) is 1.27. The van der Waals surface area contributed by atoms with Crippen LogP contribution in [0.25, 0.3) is 11.3 Å². The van der Waals surface area contributed by atoms with Gasteiger partial charge < -0.3 is 15.5 Å². The van der Waals surface area contributed by atoms with Gasteiger partial charge in [-0.1, -0.05) is 12.1 Å². The molecule has 4 heteroatoms. The van der Waals surface area contributed by atoms with Crippen molar-refractivity contribution in [2.24, 2.45) is 0 Å². The minimum Gasteiger partial charge on any atom is -0.494 e. The lowest BCUT2D eigenvalue weighted by Crippen LogP contribution is -1.91. The van der Waals surface area contributed by atoms with Crippen LogP contribution in [0, 0.1) is 0 Å². The molecule has 1 heterocycles. The van der Waals surface area contributed by atoms with E-state index in [-0.39, 0.29) is 0 Å². The number of anilines is 1. The van der Waals surface area contributed by atoms with Crippen molar-refractivity contribution in [2.75, 3.05) is 12.3 Å². The van der Waals surface area contributed by atoms with Gasteiger partial charge in [-0.05, 0) is 19.1 Å². The summed E-state index contributed by atoms with van der Waals surface area (Å²) >= 11 is 0. The van der Waals surface area contributed by atoms with Gasteiger partial charge in [0.15, 0.2) is 5.95 Å². The predicted octanol–water partition coefficient (Wildman–Crippen LogP) is 2.06. The second-order valence-corrected chi connectivity index (χ2v) is 3.14. The first-order valence-corrected chi connectivity index (χ1v) is 4.83. The van der Waals surface area contributed by atoms with Crippen LogP contribution in [0.3, 0.4) is 0 Å². The fourth-order valence-electron chi connectivity index (χ4n) is 1.40. The largest absolute Gasteiger partial charge is 0.494 e. The number of nitrogen functional groups attached to an aromatic ring is 1. The Balaban J connectivity index is 2.32. The molecule has 0 amide bonds. The maximum absolute atomic E-state index is 5.51. The molecule has 0 aliphatic heterocycles. The van der Waals surface area contributed by atoms with Crippen molar-refractivity contribution in [1.82, 2.24) is 9.97 Å². The summed E-state index contributed by atoms with van der Waals surface area (Å²) in [4.78, 5) is 6.92. The third-order valence-electron chi connectivity index (χ3n) is 2.05. The molecule has 15 heavy (non-hydrogen) atoms. The van der Waals surface area contributed by atoms with Crippen molar-refractivity contribution in [3.63, 3.8) is 0 Å². The highest BCUT2D eigenvalue weighted by atomic mass is 16.5. The summed E-state index contributed by atoms with van der Waals surface area (Å²) in [6.45, 7) is 2.62. The fraction of sp³-hybridized carbons (Fsp3) is 0.182. The summed E-state index contributed by atoms with van der Waals surface area (Å²) in [6.07, 6.45) is 1.71. The van der Waals surface area contributed by atoms with Crippen molar-refractivity contribution in [3.8, 4) is 17.0 Å². The number of imidazole rings is 1. The number of aromatic amines is 1. The monoisotopic (exact) mass is 203 g/mol. The number of aromatic nitrogens is 2. The molecule has 0 aliphatic rings. The average molecular weight is 203 g/mol. The number of H-pyrrole nitrogens is 1. The summed E-state index contributed by atoms with van der Waals surface area (Å²) in [5, 5.41) is 0. The zero-order valence-electron chi connectivity index (χ0n) is 8.53. The third kappa shape index (κ3) is 2.10. The SMILES string of the molecule is CCOc1cccc(-c2cnc(N)[nH]2)c1. The Bertz CT molecular complexity index is 451. The Morgan fingerprint density at radius 1 is 1.47 bits per heavy atom. The van der Waals surface area contributed by atoms with Crippen molar-refractivity contribution in [2.45, 2.75) is 6.92 Å². The van der Waals surface area contributed by atoms with Crippen LogP contribution in [0.1, 0.15) is 6.92 Å². The van der Waals surface area contributed by atoms with Crippen molar-refractivity contribution < 1.29 is 4.74 Å². The fourth-order valence-corrected chi connectivity index (χ4v) is 1.40. The van der Waals surface area contributed by atoms with Gasteiger partial charge in [-0.3, -0.25) is 0 Å². The van der Waals surface area contributed by atoms with Crippen LogP contribution in [0.2, 0.25) is 0 Å². The van der Waals surface area contributed by atoms with E-state index in [1.807, 2.05) is 31.2 Å². The molecule has 0 unspecified atom stereocenters. The molecule has 0 saturated heterocycles. The number of nitrogens with one attached hydrogen (secondary N) is 1. The number of rotatable bonds is 3. The van der Waals surface area contributed by atoms with Gasteiger partial charge in [0.2, 0.25) is 0 Å². The molecule has 0 radical (unpaired) electrons. The number of hydrogen-bond donors (Lipinski definition) is 2. The molecule has 0 atom stereocenters. The Labute approximate surface area is 88.1 Å². The molecule has 0 aliphatic carbocycles.